The smallest absolute Gasteiger partial charge is 0.255 e. The highest BCUT2D eigenvalue weighted by molar-refractivity contribution is 6.04. The molecule has 1 amide bonds. The van der Waals surface area contributed by atoms with E-state index in [1.165, 1.54) is 5.56 Å². The average molecular weight is 335 g/mol. The van der Waals surface area contributed by atoms with Crippen molar-refractivity contribution in [1.29, 1.82) is 5.26 Å². The van der Waals surface area contributed by atoms with Crippen molar-refractivity contribution < 1.29 is 9.53 Å². The number of nitrogens with one attached hydrogen (secondary N) is 1. The van der Waals surface area contributed by atoms with Gasteiger partial charge in [-0.1, -0.05) is 18.2 Å². The Hall–Kier alpha value is -2.68. The lowest BCUT2D eigenvalue weighted by molar-refractivity contribution is 0.0198. The zero-order valence-corrected chi connectivity index (χ0v) is 14.2. The highest BCUT2D eigenvalue weighted by Gasteiger charge is 2.18. The first-order valence-corrected chi connectivity index (χ1v) is 8.40. The molecule has 1 saturated heterocycles. The third kappa shape index (κ3) is 4.24. The van der Waals surface area contributed by atoms with Crippen LogP contribution < -0.4 is 5.32 Å². The molecule has 3 rings (SSSR count). The highest BCUT2D eigenvalue weighted by Crippen LogP contribution is 2.23. The summed E-state index contributed by atoms with van der Waals surface area (Å²) >= 11 is 0. The van der Waals surface area contributed by atoms with Crippen LogP contribution in [0.25, 0.3) is 0 Å². The van der Waals surface area contributed by atoms with E-state index in [9.17, 15) is 4.79 Å². The van der Waals surface area contributed by atoms with Gasteiger partial charge in [0.05, 0.1) is 24.8 Å². The maximum absolute atomic E-state index is 12.3. The van der Waals surface area contributed by atoms with Crippen LogP contribution in [0.5, 0.6) is 0 Å². The second kappa shape index (κ2) is 7.93. The van der Waals surface area contributed by atoms with Gasteiger partial charge < -0.3 is 10.1 Å². The normalized spacial score (nSPS) is 16.0. The number of hydrogen-bond donors (Lipinski definition) is 1. The van der Waals surface area contributed by atoms with Gasteiger partial charge in [-0.2, -0.15) is 5.26 Å². The zero-order valence-electron chi connectivity index (χ0n) is 14.2. The van der Waals surface area contributed by atoms with E-state index in [0.717, 1.165) is 32.0 Å². The number of anilines is 1. The number of hydrogen-bond acceptors (Lipinski definition) is 4. The number of amides is 1. The molecule has 25 heavy (non-hydrogen) atoms. The van der Waals surface area contributed by atoms with Crippen LogP contribution >= 0.6 is 0 Å². The van der Waals surface area contributed by atoms with E-state index in [2.05, 4.69) is 17.1 Å². The van der Waals surface area contributed by atoms with Crippen LogP contribution in [-0.2, 0) is 4.74 Å². The number of morpholine rings is 1. The minimum Gasteiger partial charge on any atom is -0.379 e. The van der Waals surface area contributed by atoms with E-state index in [1.54, 1.807) is 24.3 Å². The molecule has 5 nitrogen and oxygen atoms in total. The van der Waals surface area contributed by atoms with Crippen LogP contribution in [-0.4, -0.2) is 37.1 Å². The number of nitriles is 1. The van der Waals surface area contributed by atoms with Crippen molar-refractivity contribution in [3.8, 4) is 6.07 Å². The molecule has 1 atom stereocenters. The Balaban J connectivity index is 1.65. The maximum atomic E-state index is 12.3. The summed E-state index contributed by atoms with van der Waals surface area (Å²) in [6.45, 7) is 5.62. The van der Waals surface area contributed by atoms with Gasteiger partial charge in [0.2, 0.25) is 0 Å². The van der Waals surface area contributed by atoms with Gasteiger partial charge in [0.1, 0.15) is 0 Å². The number of ether oxygens (including phenoxy) is 1. The predicted octanol–water partition coefficient (Wildman–Crippen LogP) is 3.20. The number of carbonyl (C=O) groups excluding carboxylic acids is 1. The molecule has 2 aromatic rings. The van der Waals surface area contributed by atoms with Crippen LogP contribution in [0.3, 0.4) is 0 Å². The molecular formula is C20H21N3O2. The molecule has 1 N–H and O–H groups in total. The molecule has 5 heteroatoms. The minimum absolute atomic E-state index is 0.217. The fourth-order valence-corrected chi connectivity index (χ4v) is 2.95. The summed E-state index contributed by atoms with van der Waals surface area (Å²) in [5.74, 6) is -0.217. The summed E-state index contributed by atoms with van der Waals surface area (Å²) in [5, 5.41) is 11.8. The highest BCUT2D eigenvalue weighted by atomic mass is 16.5. The molecule has 0 unspecified atom stereocenters. The van der Waals surface area contributed by atoms with Crippen molar-refractivity contribution in [2.75, 3.05) is 31.6 Å². The molecule has 0 aromatic heterocycles. The fraction of sp³-hybridized carbons (Fsp3) is 0.300. The molecule has 1 heterocycles. The molecule has 0 radical (unpaired) electrons. The van der Waals surface area contributed by atoms with E-state index >= 15 is 0 Å². The molecule has 0 saturated carbocycles. The van der Waals surface area contributed by atoms with E-state index in [-0.39, 0.29) is 5.91 Å². The first kappa shape index (κ1) is 17.2. The molecule has 2 aromatic carbocycles. The third-order valence-electron chi connectivity index (χ3n) is 4.50. The van der Waals surface area contributed by atoms with Gasteiger partial charge in [0.15, 0.2) is 0 Å². The van der Waals surface area contributed by atoms with Crippen LogP contribution in [0, 0.1) is 11.3 Å². The quantitative estimate of drug-likeness (QED) is 0.932. The van der Waals surface area contributed by atoms with E-state index in [1.807, 2.05) is 30.3 Å². The van der Waals surface area contributed by atoms with Crippen molar-refractivity contribution in [2.24, 2.45) is 0 Å². The maximum Gasteiger partial charge on any atom is 0.255 e. The topological polar surface area (TPSA) is 65.4 Å². The van der Waals surface area contributed by atoms with E-state index in [0.29, 0.717) is 17.2 Å². The molecule has 1 aliphatic heterocycles. The van der Waals surface area contributed by atoms with Gasteiger partial charge in [-0.15, -0.1) is 0 Å². The number of nitrogens with zero attached hydrogens (tertiary/aromatic N) is 2. The zero-order chi connectivity index (χ0) is 17.6. The van der Waals surface area contributed by atoms with Crippen LogP contribution in [0.15, 0.2) is 48.5 Å². The molecule has 0 bridgehead atoms. The SMILES string of the molecule is C[C@@H](c1ccc(NC(=O)c2cccc(C#N)c2)cc1)N1CCOCC1. The molecule has 1 aliphatic rings. The number of benzene rings is 2. The van der Waals surface area contributed by atoms with E-state index in [4.69, 9.17) is 10.00 Å². The minimum atomic E-state index is -0.217. The largest absolute Gasteiger partial charge is 0.379 e. The van der Waals surface area contributed by atoms with Gasteiger partial charge in [0.25, 0.3) is 5.91 Å². The first-order valence-electron chi connectivity index (χ1n) is 8.40. The van der Waals surface area contributed by atoms with Crippen molar-refractivity contribution >= 4 is 11.6 Å². The summed E-state index contributed by atoms with van der Waals surface area (Å²) in [4.78, 5) is 14.7. The lowest BCUT2D eigenvalue weighted by atomic mass is 10.1. The van der Waals surface area contributed by atoms with Crippen LogP contribution in [0.1, 0.15) is 34.5 Å². The van der Waals surface area contributed by atoms with E-state index < -0.39 is 0 Å². The van der Waals surface area contributed by atoms with Gasteiger partial charge in [0, 0.05) is 30.4 Å². The standard InChI is InChI=1S/C20H21N3O2/c1-15(23-9-11-25-12-10-23)17-5-7-19(8-6-17)22-20(24)18-4-2-3-16(13-18)14-21/h2-8,13,15H,9-12H2,1H3,(H,22,24)/t15-/m0/s1. The van der Waals surface area contributed by atoms with Crippen molar-refractivity contribution in [1.82, 2.24) is 4.90 Å². The summed E-state index contributed by atoms with van der Waals surface area (Å²) in [5.41, 5.74) is 2.91. The van der Waals surface area contributed by atoms with Crippen molar-refractivity contribution in [3.05, 3.63) is 65.2 Å². The molecule has 0 spiro atoms. The molecule has 128 valence electrons. The third-order valence-corrected chi connectivity index (χ3v) is 4.50. The lowest BCUT2D eigenvalue weighted by Crippen LogP contribution is -2.37. The summed E-state index contributed by atoms with van der Waals surface area (Å²) in [6.07, 6.45) is 0. The Morgan fingerprint density at radius 3 is 2.60 bits per heavy atom. The van der Waals surface area contributed by atoms with Gasteiger partial charge in [-0.05, 0) is 42.8 Å². The molecular weight excluding hydrogens is 314 g/mol. The Morgan fingerprint density at radius 1 is 1.20 bits per heavy atom. The predicted molar refractivity (Wildman–Crippen MR) is 96.4 cm³/mol. The van der Waals surface area contributed by atoms with Crippen LogP contribution in [0.2, 0.25) is 0 Å². The monoisotopic (exact) mass is 335 g/mol. The summed E-state index contributed by atoms with van der Waals surface area (Å²) < 4.78 is 5.40. The Labute approximate surface area is 147 Å². The lowest BCUT2D eigenvalue weighted by Gasteiger charge is -2.32. The van der Waals surface area contributed by atoms with Gasteiger partial charge in [-0.25, -0.2) is 0 Å². The average Bonchev–Trinajstić information content (AvgIpc) is 2.68. The Kier molecular flexibility index (Phi) is 5.44. The number of rotatable bonds is 4. The summed E-state index contributed by atoms with van der Waals surface area (Å²) in [7, 11) is 0. The van der Waals surface area contributed by atoms with Gasteiger partial charge in [-0.3, -0.25) is 9.69 Å². The van der Waals surface area contributed by atoms with Gasteiger partial charge >= 0.3 is 0 Å². The Bertz CT molecular complexity index is 774. The first-order chi connectivity index (χ1) is 12.2. The second-order valence-electron chi connectivity index (χ2n) is 6.09. The number of carbonyl (C=O) groups is 1. The molecule has 1 fully saturated rings. The molecule has 0 aliphatic carbocycles. The summed E-state index contributed by atoms with van der Waals surface area (Å²) in [6, 6.07) is 17.0. The van der Waals surface area contributed by atoms with Crippen LogP contribution in [0.4, 0.5) is 5.69 Å². The second-order valence-corrected chi connectivity index (χ2v) is 6.09. The van der Waals surface area contributed by atoms with Crippen molar-refractivity contribution in [3.63, 3.8) is 0 Å². The van der Waals surface area contributed by atoms with Crippen molar-refractivity contribution in [2.45, 2.75) is 13.0 Å². The Morgan fingerprint density at radius 2 is 1.92 bits per heavy atom. The fourth-order valence-electron chi connectivity index (χ4n) is 2.95.